The second-order valence-corrected chi connectivity index (χ2v) is 6.70. The Labute approximate surface area is 141 Å². The summed E-state index contributed by atoms with van der Waals surface area (Å²) in [7, 11) is 0. The number of piperidine rings is 1. The maximum atomic E-state index is 12.7. The summed E-state index contributed by atoms with van der Waals surface area (Å²) in [5, 5.41) is 9.16. The topological polar surface area (TPSA) is 77.9 Å². The van der Waals surface area contributed by atoms with Crippen molar-refractivity contribution in [1.29, 1.82) is 0 Å². The Morgan fingerprint density at radius 1 is 1.12 bits per heavy atom. The van der Waals surface area contributed by atoms with Crippen molar-refractivity contribution < 1.29 is 19.5 Å². The number of aryl methyl sites for hydroxylation is 1. The van der Waals surface area contributed by atoms with Crippen LogP contribution in [0.5, 0.6) is 0 Å². The van der Waals surface area contributed by atoms with Gasteiger partial charge in [-0.15, -0.1) is 0 Å². The number of hydrogen-bond donors (Lipinski definition) is 1. The Kier molecular flexibility index (Phi) is 4.55. The largest absolute Gasteiger partial charge is 0.481 e. The second-order valence-electron chi connectivity index (χ2n) is 6.70. The minimum Gasteiger partial charge on any atom is -0.481 e. The Morgan fingerprint density at radius 2 is 1.83 bits per heavy atom. The number of benzene rings is 1. The highest BCUT2D eigenvalue weighted by Crippen LogP contribution is 2.28. The summed E-state index contributed by atoms with van der Waals surface area (Å²) >= 11 is 0. The van der Waals surface area contributed by atoms with E-state index >= 15 is 0 Å². The number of rotatable bonds is 3. The lowest BCUT2D eigenvalue weighted by Crippen LogP contribution is -2.45. The van der Waals surface area contributed by atoms with Crippen LogP contribution in [0.4, 0.5) is 5.69 Å². The molecule has 128 valence electrons. The van der Waals surface area contributed by atoms with Gasteiger partial charge in [0.15, 0.2) is 0 Å². The molecule has 0 saturated carbocycles. The summed E-state index contributed by atoms with van der Waals surface area (Å²) < 4.78 is 0. The van der Waals surface area contributed by atoms with Crippen LogP contribution < -0.4 is 4.90 Å². The predicted octanol–water partition coefficient (Wildman–Crippen LogP) is 1.67. The molecule has 24 heavy (non-hydrogen) atoms. The highest BCUT2D eigenvalue weighted by Gasteiger charge is 2.39. The normalized spacial score (nSPS) is 24.3. The average molecular weight is 330 g/mol. The quantitative estimate of drug-likeness (QED) is 0.914. The van der Waals surface area contributed by atoms with Gasteiger partial charge < -0.3 is 14.9 Å². The number of carbonyl (C=O) groups is 3. The van der Waals surface area contributed by atoms with E-state index in [9.17, 15) is 14.4 Å². The van der Waals surface area contributed by atoms with Crippen molar-refractivity contribution in [3.63, 3.8) is 0 Å². The molecule has 6 heteroatoms. The fourth-order valence-electron chi connectivity index (χ4n) is 3.48. The molecular weight excluding hydrogens is 308 g/mol. The number of likely N-dealkylation sites (tertiary alicyclic amines) is 1. The van der Waals surface area contributed by atoms with Crippen molar-refractivity contribution in [2.45, 2.75) is 26.2 Å². The van der Waals surface area contributed by atoms with Gasteiger partial charge in [-0.1, -0.05) is 17.7 Å². The summed E-state index contributed by atoms with van der Waals surface area (Å²) in [6, 6.07) is 7.67. The molecular formula is C18H22N2O4. The SMILES string of the molecule is Cc1ccc(N2C[C@H](C(=O)N3CCC[C@H](C(=O)O)C3)CC2=O)cc1. The zero-order valence-corrected chi connectivity index (χ0v) is 13.8. The molecule has 0 aromatic heterocycles. The lowest BCUT2D eigenvalue weighted by molar-refractivity contribution is -0.146. The van der Waals surface area contributed by atoms with Crippen LogP contribution in [0.2, 0.25) is 0 Å². The fraction of sp³-hybridized carbons (Fsp3) is 0.500. The molecule has 2 amide bonds. The summed E-state index contributed by atoms with van der Waals surface area (Å²) in [5.74, 6) is -1.87. The van der Waals surface area contributed by atoms with Gasteiger partial charge in [0.2, 0.25) is 11.8 Å². The van der Waals surface area contributed by atoms with Gasteiger partial charge in [-0.3, -0.25) is 14.4 Å². The van der Waals surface area contributed by atoms with Gasteiger partial charge in [0.25, 0.3) is 0 Å². The van der Waals surface area contributed by atoms with Crippen LogP contribution in [0.1, 0.15) is 24.8 Å². The maximum Gasteiger partial charge on any atom is 0.308 e. The molecule has 2 atom stereocenters. The van der Waals surface area contributed by atoms with Gasteiger partial charge in [0.1, 0.15) is 0 Å². The number of amides is 2. The summed E-state index contributed by atoms with van der Waals surface area (Å²) in [4.78, 5) is 39.4. The smallest absolute Gasteiger partial charge is 0.308 e. The van der Waals surface area contributed by atoms with E-state index < -0.39 is 11.9 Å². The van der Waals surface area contributed by atoms with Crippen LogP contribution in [0.15, 0.2) is 24.3 Å². The third-order valence-corrected chi connectivity index (χ3v) is 4.90. The van der Waals surface area contributed by atoms with Gasteiger partial charge in [-0.25, -0.2) is 0 Å². The monoisotopic (exact) mass is 330 g/mol. The summed E-state index contributed by atoms with van der Waals surface area (Å²) in [6.07, 6.45) is 1.50. The molecule has 0 bridgehead atoms. The number of carboxylic acids is 1. The van der Waals surface area contributed by atoms with Gasteiger partial charge in [-0.05, 0) is 31.9 Å². The first-order valence-corrected chi connectivity index (χ1v) is 8.34. The molecule has 2 saturated heterocycles. The fourth-order valence-corrected chi connectivity index (χ4v) is 3.48. The standard InChI is InChI=1S/C18H22N2O4/c1-12-4-6-15(7-5-12)20-11-14(9-16(20)21)17(22)19-8-2-3-13(10-19)18(23)24/h4-7,13-14H,2-3,8-11H2,1H3,(H,23,24)/t13-,14+/m0/s1. The number of anilines is 1. The first-order chi connectivity index (χ1) is 11.5. The minimum absolute atomic E-state index is 0.0519. The number of carbonyl (C=O) groups excluding carboxylic acids is 2. The van der Waals surface area contributed by atoms with Crippen molar-refractivity contribution in [1.82, 2.24) is 4.90 Å². The first-order valence-electron chi connectivity index (χ1n) is 8.34. The second kappa shape index (κ2) is 6.63. The van der Waals surface area contributed by atoms with Crippen LogP contribution in [-0.4, -0.2) is 47.4 Å². The van der Waals surface area contributed by atoms with Gasteiger partial charge in [-0.2, -0.15) is 0 Å². The molecule has 1 aromatic carbocycles. The van der Waals surface area contributed by atoms with Crippen molar-refractivity contribution in [2.75, 3.05) is 24.5 Å². The van der Waals surface area contributed by atoms with Crippen LogP contribution >= 0.6 is 0 Å². The van der Waals surface area contributed by atoms with Crippen molar-refractivity contribution >= 4 is 23.5 Å². The number of hydrogen-bond acceptors (Lipinski definition) is 3. The molecule has 0 radical (unpaired) electrons. The lowest BCUT2D eigenvalue weighted by atomic mass is 9.96. The van der Waals surface area contributed by atoms with Crippen LogP contribution in [0, 0.1) is 18.8 Å². The molecule has 3 rings (SSSR count). The van der Waals surface area contributed by atoms with E-state index in [0.717, 1.165) is 11.3 Å². The Hall–Kier alpha value is -2.37. The van der Waals surface area contributed by atoms with E-state index in [1.165, 1.54) is 0 Å². The van der Waals surface area contributed by atoms with Gasteiger partial charge in [0.05, 0.1) is 11.8 Å². The number of carboxylic acid groups (broad SMARTS) is 1. The Balaban J connectivity index is 1.67. The Bertz CT molecular complexity index is 655. The van der Waals surface area contributed by atoms with Gasteiger partial charge in [0, 0.05) is 31.7 Å². The predicted molar refractivity (Wildman–Crippen MR) is 88.6 cm³/mol. The molecule has 6 nitrogen and oxygen atoms in total. The lowest BCUT2D eigenvalue weighted by Gasteiger charge is -2.32. The molecule has 0 spiro atoms. The van der Waals surface area contributed by atoms with Gasteiger partial charge >= 0.3 is 5.97 Å². The number of nitrogens with zero attached hydrogens (tertiary/aromatic N) is 2. The van der Waals surface area contributed by atoms with E-state index in [1.54, 1.807) is 9.80 Å². The molecule has 0 aliphatic carbocycles. The molecule has 0 unspecified atom stereocenters. The van der Waals surface area contributed by atoms with E-state index in [2.05, 4.69) is 0 Å². The minimum atomic E-state index is -0.851. The van der Waals surface area contributed by atoms with E-state index in [-0.39, 0.29) is 30.7 Å². The first kappa shape index (κ1) is 16.5. The zero-order valence-electron chi connectivity index (χ0n) is 13.8. The third kappa shape index (κ3) is 3.27. The molecule has 1 aromatic rings. The molecule has 1 N–H and O–H groups in total. The van der Waals surface area contributed by atoms with E-state index in [0.29, 0.717) is 25.9 Å². The van der Waals surface area contributed by atoms with Crippen LogP contribution in [0.25, 0.3) is 0 Å². The molecule has 2 aliphatic rings. The van der Waals surface area contributed by atoms with Crippen molar-refractivity contribution in [3.05, 3.63) is 29.8 Å². The average Bonchev–Trinajstić information content (AvgIpc) is 2.97. The highest BCUT2D eigenvalue weighted by atomic mass is 16.4. The van der Waals surface area contributed by atoms with E-state index in [4.69, 9.17) is 5.11 Å². The Morgan fingerprint density at radius 3 is 2.50 bits per heavy atom. The molecule has 2 heterocycles. The highest BCUT2D eigenvalue weighted by molar-refractivity contribution is 6.00. The molecule has 2 fully saturated rings. The van der Waals surface area contributed by atoms with Crippen molar-refractivity contribution in [2.24, 2.45) is 11.8 Å². The van der Waals surface area contributed by atoms with Crippen LogP contribution in [-0.2, 0) is 14.4 Å². The van der Waals surface area contributed by atoms with E-state index in [1.807, 2.05) is 31.2 Å². The zero-order chi connectivity index (χ0) is 17.3. The number of aliphatic carboxylic acids is 1. The van der Waals surface area contributed by atoms with Crippen LogP contribution in [0.3, 0.4) is 0 Å². The molecule has 2 aliphatic heterocycles. The summed E-state index contributed by atoms with van der Waals surface area (Å²) in [5.41, 5.74) is 1.93. The maximum absolute atomic E-state index is 12.7. The summed E-state index contributed by atoms with van der Waals surface area (Å²) in [6.45, 7) is 3.19. The van der Waals surface area contributed by atoms with Crippen molar-refractivity contribution in [3.8, 4) is 0 Å². The third-order valence-electron chi connectivity index (χ3n) is 4.90.